The number of amidine groups is 1. The summed E-state index contributed by atoms with van der Waals surface area (Å²) in [6.45, 7) is 2.27. The number of amides is 1. The molecule has 1 amide bonds. The number of hydrogen-bond donors (Lipinski definition) is 0. The summed E-state index contributed by atoms with van der Waals surface area (Å²) in [4.78, 5) is 14.6. The zero-order valence-corrected chi connectivity index (χ0v) is 23.0. The molecule has 1 fully saturated rings. The highest BCUT2D eigenvalue weighted by molar-refractivity contribution is 8.19. The predicted molar refractivity (Wildman–Crippen MR) is 148 cm³/mol. The molecule has 3 aromatic carbocycles. The van der Waals surface area contributed by atoms with E-state index < -0.39 is 10.0 Å². The molecule has 0 atom stereocenters. The van der Waals surface area contributed by atoms with Gasteiger partial charge in [0, 0.05) is 22.2 Å². The largest absolute Gasteiger partial charge is 0.493 e. The molecule has 1 saturated heterocycles. The Bertz CT molecular complexity index is 1490. The number of likely N-dealkylation sites (N-methyl/N-ethyl adjacent to an activating group) is 1. The van der Waals surface area contributed by atoms with Gasteiger partial charge in [0.05, 0.1) is 16.9 Å². The van der Waals surface area contributed by atoms with Gasteiger partial charge in [-0.05, 0) is 72.8 Å². The van der Waals surface area contributed by atoms with Crippen molar-refractivity contribution >= 4 is 62.1 Å². The predicted octanol–water partition coefficient (Wildman–Crippen LogP) is 6.26. The van der Waals surface area contributed by atoms with Crippen LogP contribution in [0.15, 0.2) is 80.9 Å². The van der Waals surface area contributed by atoms with Crippen molar-refractivity contribution in [2.24, 2.45) is 4.40 Å². The first-order valence-electron chi connectivity index (χ1n) is 11.1. The van der Waals surface area contributed by atoms with Gasteiger partial charge in [-0.15, -0.1) is 4.40 Å². The molecule has 4 rings (SSSR count). The van der Waals surface area contributed by atoms with Crippen LogP contribution in [-0.2, 0) is 21.4 Å². The minimum atomic E-state index is -4.03. The van der Waals surface area contributed by atoms with Crippen molar-refractivity contribution in [2.75, 3.05) is 13.7 Å². The van der Waals surface area contributed by atoms with E-state index in [0.717, 1.165) is 17.3 Å². The molecular weight excluding hydrogens is 555 g/mol. The van der Waals surface area contributed by atoms with E-state index in [0.29, 0.717) is 32.0 Å². The quantitative estimate of drug-likeness (QED) is 0.294. The van der Waals surface area contributed by atoms with Gasteiger partial charge in [0.25, 0.3) is 15.9 Å². The van der Waals surface area contributed by atoms with Crippen LogP contribution in [0.2, 0.25) is 10.0 Å². The van der Waals surface area contributed by atoms with Crippen molar-refractivity contribution in [2.45, 2.75) is 18.4 Å². The Hall–Kier alpha value is -2.98. The second kappa shape index (κ2) is 11.6. The normalized spacial score (nSPS) is 16.0. The maximum atomic E-state index is 13.0. The Morgan fingerprint density at radius 1 is 1.03 bits per heavy atom. The van der Waals surface area contributed by atoms with Crippen LogP contribution in [0.1, 0.15) is 18.1 Å². The summed E-state index contributed by atoms with van der Waals surface area (Å²) in [5.74, 6) is 0.653. The summed E-state index contributed by atoms with van der Waals surface area (Å²) < 4.78 is 40.9. The summed E-state index contributed by atoms with van der Waals surface area (Å²) in [5, 5.41) is 1.10. The van der Waals surface area contributed by atoms with Crippen LogP contribution >= 0.6 is 35.0 Å². The molecule has 0 unspecified atom stereocenters. The van der Waals surface area contributed by atoms with Gasteiger partial charge in [0.15, 0.2) is 16.7 Å². The number of carbonyl (C=O) groups is 1. The third kappa shape index (κ3) is 6.30. The molecule has 0 radical (unpaired) electrons. The van der Waals surface area contributed by atoms with E-state index in [4.69, 9.17) is 32.7 Å². The number of sulfonamides is 1. The monoisotopic (exact) mass is 576 g/mol. The van der Waals surface area contributed by atoms with Gasteiger partial charge in [0.1, 0.15) is 6.61 Å². The number of halogens is 2. The van der Waals surface area contributed by atoms with Gasteiger partial charge in [-0.25, -0.2) is 0 Å². The smallest absolute Gasteiger partial charge is 0.284 e. The van der Waals surface area contributed by atoms with Crippen molar-refractivity contribution in [3.05, 3.63) is 92.8 Å². The van der Waals surface area contributed by atoms with Crippen LogP contribution in [0.5, 0.6) is 11.5 Å². The molecule has 7 nitrogen and oxygen atoms in total. The molecule has 0 spiro atoms. The van der Waals surface area contributed by atoms with E-state index in [2.05, 4.69) is 4.40 Å². The number of methoxy groups -OCH3 is 1. The van der Waals surface area contributed by atoms with Crippen molar-refractivity contribution < 1.29 is 22.7 Å². The van der Waals surface area contributed by atoms with Gasteiger partial charge in [-0.3, -0.25) is 9.69 Å². The van der Waals surface area contributed by atoms with Gasteiger partial charge in [-0.2, -0.15) is 8.42 Å². The minimum absolute atomic E-state index is 0.0111. The maximum Gasteiger partial charge on any atom is 0.284 e. The summed E-state index contributed by atoms with van der Waals surface area (Å²) >= 11 is 13.1. The molecule has 0 aliphatic carbocycles. The van der Waals surface area contributed by atoms with Crippen molar-refractivity contribution in [3.63, 3.8) is 0 Å². The second-order valence-corrected chi connectivity index (χ2v) is 11.2. The first-order valence-corrected chi connectivity index (χ1v) is 14.1. The first kappa shape index (κ1) is 27.1. The molecule has 0 aromatic heterocycles. The fourth-order valence-corrected chi connectivity index (χ4v) is 5.99. The van der Waals surface area contributed by atoms with E-state index in [1.807, 2.05) is 18.2 Å². The Morgan fingerprint density at radius 3 is 2.43 bits per heavy atom. The summed E-state index contributed by atoms with van der Waals surface area (Å²) in [6.07, 6.45) is 1.66. The first-order chi connectivity index (χ1) is 17.7. The Morgan fingerprint density at radius 2 is 1.76 bits per heavy atom. The molecule has 3 aromatic rings. The van der Waals surface area contributed by atoms with Gasteiger partial charge in [0.2, 0.25) is 0 Å². The molecule has 1 aliphatic rings. The highest BCUT2D eigenvalue weighted by atomic mass is 35.5. The molecule has 0 bridgehead atoms. The lowest BCUT2D eigenvalue weighted by atomic mass is 10.1. The van der Waals surface area contributed by atoms with Crippen LogP contribution in [0.3, 0.4) is 0 Å². The maximum absolute atomic E-state index is 13.0. The highest BCUT2D eigenvalue weighted by Crippen LogP contribution is 2.36. The standard InChI is InChI=1S/C26H22Cl2N2O5S2/c1-3-30-25(31)24(36-26(30)29-37(32,33)20-11-9-19(27)10-12-20)15-17-8-13-22(23(14-17)34-2)35-16-18-6-4-5-7-21(18)28/h4-15H,3,16H2,1-2H3. The van der Waals surface area contributed by atoms with E-state index in [1.54, 1.807) is 37.3 Å². The number of thioether (sulfide) groups is 1. The second-order valence-electron chi connectivity index (χ2n) is 7.75. The molecule has 0 N–H and O–H groups in total. The third-order valence-corrected chi connectivity index (χ3v) is 8.36. The Kier molecular flexibility index (Phi) is 8.49. The molecular formula is C26H22Cl2N2O5S2. The molecule has 1 aliphatic heterocycles. The van der Waals surface area contributed by atoms with Gasteiger partial charge in [-0.1, -0.05) is 47.5 Å². The van der Waals surface area contributed by atoms with E-state index in [-0.39, 0.29) is 29.1 Å². The lowest BCUT2D eigenvalue weighted by molar-refractivity contribution is -0.122. The summed E-state index contributed by atoms with van der Waals surface area (Å²) in [5.41, 5.74) is 1.51. The SMILES string of the molecule is CCN1C(=O)C(=Cc2ccc(OCc3ccccc3Cl)c(OC)c2)SC1=NS(=O)(=O)c1ccc(Cl)cc1. The van der Waals surface area contributed by atoms with Crippen LogP contribution in [0.4, 0.5) is 0 Å². The number of benzene rings is 3. The third-order valence-electron chi connectivity index (χ3n) is 5.34. The molecule has 0 saturated carbocycles. The van der Waals surface area contributed by atoms with Crippen LogP contribution in [-0.4, -0.2) is 38.0 Å². The van der Waals surface area contributed by atoms with Crippen LogP contribution in [0.25, 0.3) is 6.08 Å². The zero-order valence-electron chi connectivity index (χ0n) is 19.9. The number of hydrogen-bond acceptors (Lipinski definition) is 6. The lowest BCUT2D eigenvalue weighted by Gasteiger charge is -2.12. The fourth-order valence-electron chi connectivity index (χ4n) is 3.43. The van der Waals surface area contributed by atoms with Crippen LogP contribution in [0, 0.1) is 0 Å². The number of nitrogens with zero attached hydrogens (tertiary/aromatic N) is 2. The van der Waals surface area contributed by atoms with E-state index in [9.17, 15) is 13.2 Å². The van der Waals surface area contributed by atoms with Crippen LogP contribution < -0.4 is 9.47 Å². The molecule has 11 heteroatoms. The Balaban J connectivity index is 1.57. The van der Waals surface area contributed by atoms with Crippen molar-refractivity contribution in [1.82, 2.24) is 4.90 Å². The van der Waals surface area contributed by atoms with E-state index in [1.165, 1.54) is 36.3 Å². The fraction of sp³-hybridized carbons (Fsp3) is 0.154. The van der Waals surface area contributed by atoms with Crippen molar-refractivity contribution in [3.8, 4) is 11.5 Å². The molecule has 192 valence electrons. The number of carbonyl (C=O) groups excluding carboxylic acids is 1. The topological polar surface area (TPSA) is 85.3 Å². The number of ether oxygens (including phenoxy) is 2. The average molecular weight is 578 g/mol. The van der Waals surface area contributed by atoms with Crippen molar-refractivity contribution in [1.29, 1.82) is 0 Å². The summed E-state index contributed by atoms with van der Waals surface area (Å²) in [7, 11) is -2.51. The zero-order chi connectivity index (χ0) is 26.6. The van der Waals surface area contributed by atoms with E-state index >= 15 is 0 Å². The number of rotatable bonds is 8. The molecule has 37 heavy (non-hydrogen) atoms. The Labute approximate surface area is 229 Å². The molecule has 1 heterocycles. The van der Waals surface area contributed by atoms with Gasteiger partial charge >= 0.3 is 0 Å². The minimum Gasteiger partial charge on any atom is -0.493 e. The lowest BCUT2D eigenvalue weighted by Crippen LogP contribution is -2.29. The summed E-state index contributed by atoms with van der Waals surface area (Å²) in [6, 6.07) is 18.3. The highest BCUT2D eigenvalue weighted by Gasteiger charge is 2.34. The van der Waals surface area contributed by atoms with Gasteiger partial charge < -0.3 is 9.47 Å². The average Bonchev–Trinajstić information content (AvgIpc) is 3.16.